The molecular formula is C14H13BrN2O. The average molecular weight is 305 g/mol. The highest BCUT2D eigenvalue weighted by molar-refractivity contribution is 9.10. The molecule has 92 valence electrons. The van der Waals surface area contributed by atoms with Gasteiger partial charge in [0.1, 0.15) is 0 Å². The van der Waals surface area contributed by atoms with Gasteiger partial charge in [-0.15, -0.1) is 0 Å². The molecule has 0 aliphatic carbocycles. The molecule has 0 unspecified atom stereocenters. The van der Waals surface area contributed by atoms with Crippen LogP contribution >= 0.6 is 15.9 Å². The number of nitrogens with zero attached hydrogens (tertiary/aromatic N) is 1. The predicted octanol–water partition coefficient (Wildman–Crippen LogP) is 2.70. The fraction of sp³-hybridized carbons (Fsp3) is 0.143. The Morgan fingerprint density at radius 3 is 2.61 bits per heavy atom. The van der Waals surface area contributed by atoms with E-state index < -0.39 is 0 Å². The molecular weight excluding hydrogens is 292 g/mol. The maximum atomic E-state index is 11.8. The predicted molar refractivity (Wildman–Crippen MR) is 73.9 cm³/mol. The van der Waals surface area contributed by atoms with Gasteiger partial charge in [0.05, 0.1) is 6.42 Å². The van der Waals surface area contributed by atoms with E-state index in [2.05, 4.69) is 26.2 Å². The molecule has 0 saturated carbocycles. The Hall–Kier alpha value is -1.68. The molecule has 0 aliphatic rings. The summed E-state index contributed by atoms with van der Waals surface area (Å²) in [4.78, 5) is 15.7. The first-order chi connectivity index (χ1) is 8.75. The fourth-order valence-corrected chi connectivity index (χ4v) is 2.00. The molecule has 1 aromatic carbocycles. The van der Waals surface area contributed by atoms with Crippen LogP contribution < -0.4 is 5.32 Å². The van der Waals surface area contributed by atoms with E-state index in [9.17, 15) is 4.79 Å². The van der Waals surface area contributed by atoms with E-state index in [0.717, 1.165) is 15.6 Å². The number of hydrogen-bond donors (Lipinski definition) is 1. The second kappa shape index (κ2) is 6.31. The van der Waals surface area contributed by atoms with Crippen LogP contribution in [0.2, 0.25) is 0 Å². The normalized spacial score (nSPS) is 10.1. The van der Waals surface area contributed by atoms with Crippen molar-refractivity contribution in [1.29, 1.82) is 0 Å². The zero-order chi connectivity index (χ0) is 12.8. The summed E-state index contributed by atoms with van der Waals surface area (Å²) in [5.74, 6) is 0.0127. The molecule has 2 rings (SSSR count). The van der Waals surface area contributed by atoms with Crippen LogP contribution in [0.3, 0.4) is 0 Å². The molecule has 0 saturated heterocycles. The van der Waals surface area contributed by atoms with Crippen LogP contribution in [0.15, 0.2) is 53.3 Å². The van der Waals surface area contributed by atoms with Crippen LogP contribution in [0, 0.1) is 0 Å². The largest absolute Gasteiger partial charge is 0.352 e. The first-order valence-corrected chi connectivity index (χ1v) is 6.44. The number of carbonyl (C=O) groups is 1. The fourth-order valence-electron chi connectivity index (χ4n) is 1.58. The van der Waals surface area contributed by atoms with Crippen LogP contribution in [0.1, 0.15) is 11.1 Å². The molecule has 3 nitrogen and oxygen atoms in total. The summed E-state index contributed by atoms with van der Waals surface area (Å²) in [6.45, 7) is 0.534. The van der Waals surface area contributed by atoms with Crippen LogP contribution in [-0.2, 0) is 17.8 Å². The van der Waals surface area contributed by atoms with Crippen molar-refractivity contribution < 1.29 is 4.79 Å². The lowest BCUT2D eigenvalue weighted by atomic mass is 10.1. The van der Waals surface area contributed by atoms with Crippen molar-refractivity contribution in [1.82, 2.24) is 10.3 Å². The zero-order valence-corrected chi connectivity index (χ0v) is 11.4. The number of halogens is 1. The van der Waals surface area contributed by atoms with Gasteiger partial charge in [-0.1, -0.05) is 34.1 Å². The quantitative estimate of drug-likeness (QED) is 0.943. The summed E-state index contributed by atoms with van der Waals surface area (Å²) in [7, 11) is 0. The molecule has 1 amide bonds. The van der Waals surface area contributed by atoms with Gasteiger partial charge in [0.25, 0.3) is 0 Å². The number of benzene rings is 1. The zero-order valence-electron chi connectivity index (χ0n) is 9.77. The second-order valence-electron chi connectivity index (χ2n) is 3.90. The monoisotopic (exact) mass is 304 g/mol. The number of amides is 1. The van der Waals surface area contributed by atoms with E-state index in [1.807, 2.05) is 36.4 Å². The van der Waals surface area contributed by atoms with Gasteiger partial charge in [-0.3, -0.25) is 9.78 Å². The molecule has 1 heterocycles. The van der Waals surface area contributed by atoms with Crippen molar-refractivity contribution in [2.45, 2.75) is 13.0 Å². The Morgan fingerprint density at radius 1 is 1.17 bits per heavy atom. The topological polar surface area (TPSA) is 42.0 Å². The van der Waals surface area contributed by atoms with E-state index in [1.165, 1.54) is 0 Å². The Labute approximate surface area is 114 Å². The molecule has 4 heteroatoms. The summed E-state index contributed by atoms with van der Waals surface area (Å²) in [6.07, 6.45) is 3.82. The van der Waals surface area contributed by atoms with Crippen molar-refractivity contribution in [2.24, 2.45) is 0 Å². The van der Waals surface area contributed by atoms with Gasteiger partial charge in [0.2, 0.25) is 5.91 Å². The van der Waals surface area contributed by atoms with E-state index in [0.29, 0.717) is 13.0 Å². The Balaban J connectivity index is 1.88. The molecule has 0 bridgehead atoms. The number of rotatable bonds is 4. The van der Waals surface area contributed by atoms with Crippen molar-refractivity contribution in [3.63, 3.8) is 0 Å². The summed E-state index contributed by atoms with van der Waals surface area (Å²) in [5.41, 5.74) is 2.04. The van der Waals surface area contributed by atoms with E-state index >= 15 is 0 Å². The van der Waals surface area contributed by atoms with Crippen molar-refractivity contribution in [3.05, 3.63) is 64.4 Å². The first kappa shape index (κ1) is 12.8. The Bertz CT molecular complexity index is 528. The molecule has 0 aliphatic heterocycles. The van der Waals surface area contributed by atoms with Gasteiger partial charge < -0.3 is 5.32 Å². The first-order valence-electron chi connectivity index (χ1n) is 5.65. The van der Waals surface area contributed by atoms with Gasteiger partial charge in [-0.2, -0.15) is 0 Å². The molecule has 0 fully saturated rings. The molecule has 1 aromatic heterocycles. The van der Waals surface area contributed by atoms with Crippen LogP contribution in [0.25, 0.3) is 0 Å². The third-order valence-electron chi connectivity index (χ3n) is 2.55. The summed E-state index contributed by atoms with van der Waals surface area (Å²) in [6, 6.07) is 11.5. The average Bonchev–Trinajstić information content (AvgIpc) is 2.40. The maximum Gasteiger partial charge on any atom is 0.224 e. The Morgan fingerprint density at radius 2 is 1.89 bits per heavy atom. The molecule has 0 spiro atoms. The van der Waals surface area contributed by atoms with Gasteiger partial charge in [0, 0.05) is 23.4 Å². The van der Waals surface area contributed by atoms with E-state index in [4.69, 9.17) is 0 Å². The highest BCUT2D eigenvalue weighted by Crippen LogP contribution is 2.16. The lowest BCUT2D eigenvalue weighted by molar-refractivity contribution is -0.120. The minimum absolute atomic E-state index is 0.0127. The number of hydrogen-bond acceptors (Lipinski definition) is 2. The lowest BCUT2D eigenvalue weighted by Crippen LogP contribution is -2.24. The molecule has 18 heavy (non-hydrogen) atoms. The summed E-state index contributed by atoms with van der Waals surface area (Å²) < 4.78 is 0.962. The number of aromatic nitrogens is 1. The van der Waals surface area contributed by atoms with Gasteiger partial charge >= 0.3 is 0 Å². The molecule has 1 N–H and O–H groups in total. The van der Waals surface area contributed by atoms with E-state index in [-0.39, 0.29) is 5.91 Å². The minimum atomic E-state index is 0.0127. The minimum Gasteiger partial charge on any atom is -0.352 e. The van der Waals surface area contributed by atoms with Crippen molar-refractivity contribution in [2.75, 3.05) is 0 Å². The van der Waals surface area contributed by atoms with Crippen molar-refractivity contribution >= 4 is 21.8 Å². The molecule has 0 atom stereocenters. The van der Waals surface area contributed by atoms with Crippen LogP contribution in [0.5, 0.6) is 0 Å². The number of pyridine rings is 1. The number of nitrogens with one attached hydrogen (secondary N) is 1. The third kappa shape index (κ3) is 3.67. The second-order valence-corrected chi connectivity index (χ2v) is 4.75. The van der Waals surface area contributed by atoms with Gasteiger partial charge in [-0.05, 0) is 29.3 Å². The smallest absolute Gasteiger partial charge is 0.224 e. The van der Waals surface area contributed by atoms with E-state index in [1.54, 1.807) is 12.4 Å². The summed E-state index contributed by atoms with van der Waals surface area (Å²) in [5, 5.41) is 2.89. The van der Waals surface area contributed by atoms with Crippen LogP contribution in [-0.4, -0.2) is 10.9 Å². The molecule has 2 aromatic rings. The molecule has 0 radical (unpaired) electrons. The lowest BCUT2D eigenvalue weighted by Gasteiger charge is -2.06. The SMILES string of the molecule is O=C(Cc1ccccc1Br)NCc1ccncc1. The highest BCUT2D eigenvalue weighted by atomic mass is 79.9. The maximum absolute atomic E-state index is 11.8. The van der Waals surface area contributed by atoms with Crippen molar-refractivity contribution in [3.8, 4) is 0 Å². The standard InChI is InChI=1S/C14H13BrN2O/c15-13-4-2-1-3-12(13)9-14(18)17-10-11-5-7-16-8-6-11/h1-8H,9-10H2,(H,17,18). The third-order valence-corrected chi connectivity index (χ3v) is 3.32. The highest BCUT2D eigenvalue weighted by Gasteiger charge is 2.05. The number of carbonyl (C=O) groups excluding carboxylic acids is 1. The van der Waals surface area contributed by atoms with Gasteiger partial charge in [0.15, 0.2) is 0 Å². The van der Waals surface area contributed by atoms with Gasteiger partial charge in [-0.25, -0.2) is 0 Å². The summed E-state index contributed by atoms with van der Waals surface area (Å²) >= 11 is 3.43. The Kier molecular flexibility index (Phi) is 4.47. The van der Waals surface area contributed by atoms with Crippen LogP contribution in [0.4, 0.5) is 0 Å².